The van der Waals surface area contributed by atoms with E-state index < -0.39 is 18.0 Å². The van der Waals surface area contributed by atoms with E-state index in [1.165, 1.54) is 0 Å². The molecule has 0 heterocycles. The molecular formula is C22H29N3O6. The van der Waals surface area contributed by atoms with Gasteiger partial charge in [0.2, 0.25) is 0 Å². The molecule has 31 heavy (non-hydrogen) atoms. The second-order valence-electron chi connectivity index (χ2n) is 6.62. The highest BCUT2D eigenvalue weighted by atomic mass is 16.5. The Morgan fingerprint density at radius 2 is 1.77 bits per heavy atom. The molecular weight excluding hydrogens is 402 g/mol. The number of rotatable bonds is 10. The van der Waals surface area contributed by atoms with Gasteiger partial charge in [0.1, 0.15) is 18.2 Å². The SMILES string of the molecule is CC(=O)O.CCCc1ccc(OCCO)c(C(Nc2ccc(C(=N)N)cc2)C(=O)O)c1. The van der Waals surface area contributed by atoms with Crippen molar-refractivity contribution in [3.05, 3.63) is 59.2 Å². The van der Waals surface area contributed by atoms with Crippen molar-refractivity contribution in [3.8, 4) is 5.75 Å². The van der Waals surface area contributed by atoms with Crippen LogP contribution in [0.15, 0.2) is 42.5 Å². The minimum absolute atomic E-state index is 0.0525. The first-order valence-electron chi connectivity index (χ1n) is 9.69. The summed E-state index contributed by atoms with van der Waals surface area (Å²) >= 11 is 0. The van der Waals surface area contributed by atoms with E-state index in [-0.39, 0.29) is 19.0 Å². The average molecular weight is 431 g/mol. The Morgan fingerprint density at radius 3 is 2.26 bits per heavy atom. The van der Waals surface area contributed by atoms with E-state index in [4.69, 9.17) is 30.9 Å². The summed E-state index contributed by atoms with van der Waals surface area (Å²) < 4.78 is 5.54. The van der Waals surface area contributed by atoms with Crippen LogP contribution in [0.5, 0.6) is 5.75 Å². The average Bonchev–Trinajstić information content (AvgIpc) is 2.71. The number of carboxylic acids is 2. The minimum atomic E-state index is -1.05. The highest BCUT2D eigenvalue weighted by Gasteiger charge is 2.24. The molecule has 168 valence electrons. The quantitative estimate of drug-likeness (QED) is 0.247. The molecule has 1 atom stereocenters. The molecule has 0 bridgehead atoms. The Kier molecular flexibility index (Phi) is 10.6. The zero-order valence-corrected chi connectivity index (χ0v) is 17.6. The largest absolute Gasteiger partial charge is 0.491 e. The molecule has 0 aliphatic carbocycles. The molecule has 0 saturated carbocycles. The molecule has 0 radical (unpaired) electrons. The predicted molar refractivity (Wildman–Crippen MR) is 118 cm³/mol. The summed E-state index contributed by atoms with van der Waals surface area (Å²) in [5.41, 5.74) is 8.11. The molecule has 0 aliphatic rings. The molecule has 2 rings (SSSR count). The number of aliphatic hydroxyl groups is 1. The third-order valence-corrected chi connectivity index (χ3v) is 4.03. The van der Waals surface area contributed by atoms with Crippen molar-refractivity contribution < 1.29 is 29.6 Å². The lowest BCUT2D eigenvalue weighted by Gasteiger charge is -2.20. The van der Waals surface area contributed by atoms with Crippen molar-refractivity contribution in [2.75, 3.05) is 18.5 Å². The number of aliphatic carboxylic acids is 2. The van der Waals surface area contributed by atoms with Gasteiger partial charge in [-0.25, -0.2) is 4.79 Å². The summed E-state index contributed by atoms with van der Waals surface area (Å²) in [6.07, 6.45) is 1.76. The van der Waals surface area contributed by atoms with Crippen LogP contribution in [0, 0.1) is 5.41 Å². The second-order valence-corrected chi connectivity index (χ2v) is 6.62. The number of aryl methyl sites for hydroxylation is 1. The zero-order valence-electron chi connectivity index (χ0n) is 17.6. The summed E-state index contributed by atoms with van der Waals surface area (Å²) in [4.78, 5) is 21.0. The predicted octanol–water partition coefficient (Wildman–Crippen LogP) is 2.62. The van der Waals surface area contributed by atoms with Gasteiger partial charge in [-0.15, -0.1) is 0 Å². The molecule has 0 aromatic heterocycles. The molecule has 1 unspecified atom stereocenters. The summed E-state index contributed by atoms with van der Waals surface area (Å²) in [6, 6.07) is 11.1. The summed E-state index contributed by atoms with van der Waals surface area (Å²) in [6.45, 7) is 3.06. The number of nitrogen functional groups attached to an aromatic ring is 1. The molecule has 2 aromatic carbocycles. The first-order valence-corrected chi connectivity index (χ1v) is 9.69. The van der Waals surface area contributed by atoms with E-state index in [9.17, 15) is 9.90 Å². The first kappa shape index (κ1) is 25.4. The molecule has 0 aliphatic heterocycles. The number of ether oxygens (including phenoxy) is 1. The second kappa shape index (κ2) is 12.9. The maximum Gasteiger partial charge on any atom is 0.330 e. The van der Waals surface area contributed by atoms with Crippen LogP contribution in [-0.4, -0.2) is 46.3 Å². The monoisotopic (exact) mass is 431 g/mol. The first-order chi connectivity index (χ1) is 14.7. The summed E-state index contributed by atoms with van der Waals surface area (Å²) in [5, 5.41) is 36.6. The molecule has 9 nitrogen and oxygen atoms in total. The van der Waals surface area contributed by atoms with Gasteiger partial charge in [0, 0.05) is 23.7 Å². The highest BCUT2D eigenvalue weighted by molar-refractivity contribution is 5.95. The van der Waals surface area contributed by atoms with Crippen LogP contribution >= 0.6 is 0 Å². The van der Waals surface area contributed by atoms with E-state index in [0.717, 1.165) is 25.3 Å². The number of amidine groups is 1. The van der Waals surface area contributed by atoms with Crippen molar-refractivity contribution in [1.29, 1.82) is 5.41 Å². The third kappa shape index (κ3) is 8.75. The molecule has 7 N–H and O–H groups in total. The number of nitrogens with one attached hydrogen (secondary N) is 2. The molecule has 0 spiro atoms. The molecule has 0 saturated heterocycles. The van der Waals surface area contributed by atoms with Crippen LogP contribution in [0.25, 0.3) is 0 Å². The number of nitrogens with two attached hydrogens (primary N) is 1. The van der Waals surface area contributed by atoms with Gasteiger partial charge in [-0.1, -0.05) is 19.4 Å². The van der Waals surface area contributed by atoms with Crippen LogP contribution < -0.4 is 15.8 Å². The van der Waals surface area contributed by atoms with E-state index in [0.29, 0.717) is 22.6 Å². The highest BCUT2D eigenvalue weighted by Crippen LogP contribution is 2.30. The van der Waals surface area contributed by atoms with Crippen molar-refractivity contribution in [1.82, 2.24) is 0 Å². The number of hydrogen-bond acceptors (Lipinski definition) is 6. The topological polar surface area (TPSA) is 166 Å². The van der Waals surface area contributed by atoms with Crippen LogP contribution in [0.3, 0.4) is 0 Å². The Bertz CT molecular complexity index is 879. The van der Waals surface area contributed by atoms with E-state index in [1.54, 1.807) is 30.3 Å². The van der Waals surface area contributed by atoms with Gasteiger partial charge in [0.25, 0.3) is 5.97 Å². The number of anilines is 1. The molecule has 0 amide bonds. The maximum atomic E-state index is 12.0. The van der Waals surface area contributed by atoms with Gasteiger partial charge in [-0.2, -0.15) is 0 Å². The van der Waals surface area contributed by atoms with Crippen LogP contribution in [0.2, 0.25) is 0 Å². The third-order valence-electron chi connectivity index (χ3n) is 4.03. The van der Waals surface area contributed by atoms with Crippen LogP contribution in [0.1, 0.15) is 43.0 Å². The van der Waals surface area contributed by atoms with Crippen molar-refractivity contribution in [2.45, 2.75) is 32.7 Å². The van der Waals surface area contributed by atoms with Gasteiger partial charge in [0.15, 0.2) is 6.04 Å². The van der Waals surface area contributed by atoms with Crippen LogP contribution in [0.4, 0.5) is 5.69 Å². The summed E-state index contributed by atoms with van der Waals surface area (Å²) in [5.74, 6) is -1.51. The Balaban J connectivity index is 0.00000110. The van der Waals surface area contributed by atoms with Gasteiger partial charge in [-0.05, 0) is 48.4 Å². The fourth-order valence-corrected chi connectivity index (χ4v) is 2.74. The molecule has 9 heteroatoms. The lowest BCUT2D eigenvalue weighted by Crippen LogP contribution is -2.22. The van der Waals surface area contributed by atoms with E-state index >= 15 is 0 Å². The van der Waals surface area contributed by atoms with Crippen molar-refractivity contribution >= 4 is 23.5 Å². The smallest absolute Gasteiger partial charge is 0.330 e. The fraction of sp³-hybridized carbons (Fsp3) is 0.318. The maximum absolute atomic E-state index is 12.0. The number of hydrogen-bond donors (Lipinski definition) is 6. The Hall–Kier alpha value is -3.59. The zero-order chi connectivity index (χ0) is 23.4. The Labute approximate surface area is 181 Å². The van der Waals surface area contributed by atoms with Crippen LogP contribution in [-0.2, 0) is 16.0 Å². The number of aliphatic hydroxyl groups excluding tert-OH is 1. The number of benzene rings is 2. The minimum Gasteiger partial charge on any atom is -0.491 e. The van der Waals surface area contributed by atoms with Gasteiger partial charge in [-0.3, -0.25) is 10.2 Å². The van der Waals surface area contributed by atoms with Gasteiger partial charge in [0.05, 0.1) is 6.61 Å². The molecule has 2 aromatic rings. The lowest BCUT2D eigenvalue weighted by molar-refractivity contribution is -0.138. The summed E-state index contributed by atoms with van der Waals surface area (Å²) in [7, 11) is 0. The lowest BCUT2D eigenvalue weighted by atomic mass is 10.00. The normalized spacial score (nSPS) is 10.9. The van der Waals surface area contributed by atoms with E-state index in [2.05, 4.69) is 12.2 Å². The standard InChI is InChI=1S/C20H25N3O4.C2H4O2/c1-2-3-13-4-9-17(27-11-10-24)16(12-13)18(20(25)26)23-15-7-5-14(6-8-15)19(21)22;1-2(3)4/h4-9,12,18,23-24H,2-3,10-11H2,1H3,(H3,21,22)(H,25,26);1H3,(H,3,4). The van der Waals surface area contributed by atoms with Crippen molar-refractivity contribution in [2.24, 2.45) is 5.73 Å². The van der Waals surface area contributed by atoms with Gasteiger partial charge < -0.3 is 31.1 Å². The Morgan fingerprint density at radius 1 is 1.16 bits per heavy atom. The van der Waals surface area contributed by atoms with E-state index in [1.807, 2.05) is 12.1 Å². The molecule has 0 fully saturated rings. The number of carbonyl (C=O) groups is 2. The van der Waals surface area contributed by atoms with Crippen molar-refractivity contribution in [3.63, 3.8) is 0 Å². The fourth-order valence-electron chi connectivity index (χ4n) is 2.74. The van der Waals surface area contributed by atoms with Gasteiger partial charge >= 0.3 is 5.97 Å². The number of carboxylic acid groups (broad SMARTS) is 2.